The Hall–Kier alpha value is -2.30. The standard InChI is InChI=1S/C18H21N3O2/c1-13-10-19-20(11-13)12-15-6-4-8-21(15)18(22)17-9-14-5-2-3-7-16(14)23-17/h2-3,5,7,10-11,15,17H,4,6,8-9,12H2,1H3/t15-,17+/m0/s1. The summed E-state index contributed by atoms with van der Waals surface area (Å²) < 4.78 is 7.81. The highest BCUT2D eigenvalue weighted by Gasteiger charge is 2.37. The number of fused-ring (bicyclic) bond motifs is 1. The van der Waals surface area contributed by atoms with Gasteiger partial charge in [0.15, 0.2) is 6.10 Å². The number of aryl methyl sites for hydroxylation is 1. The Bertz CT molecular complexity index is 700. The quantitative estimate of drug-likeness (QED) is 0.873. The van der Waals surface area contributed by atoms with Gasteiger partial charge < -0.3 is 9.64 Å². The van der Waals surface area contributed by atoms with Gasteiger partial charge in [0.25, 0.3) is 5.91 Å². The molecule has 1 amide bonds. The molecule has 3 heterocycles. The summed E-state index contributed by atoms with van der Waals surface area (Å²) in [5.74, 6) is 0.969. The molecule has 5 heteroatoms. The van der Waals surface area contributed by atoms with Crippen LogP contribution in [-0.2, 0) is 17.8 Å². The average molecular weight is 311 g/mol. The zero-order valence-electron chi connectivity index (χ0n) is 13.3. The number of benzene rings is 1. The molecule has 23 heavy (non-hydrogen) atoms. The van der Waals surface area contributed by atoms with E-state index < -0.39 is 0 Å². The van der Waals surface area contributed by atoms with Crippen LogP contribution in [0.2, 0.25) is 0 Å². The van der Waals surface area contributed by atoms with Crippen molar-refractivity contribution in [3.63, 3.8) is 0 Å². The predicted octanol–water partition coefficient (Wildman–Crippen LogP) is 2.19. The third kappa shape index (κ3) is 2.71. The predicted molar refractivity (Wildman–Crippen MR) is 86.3 cm³/mol. The summed E-state index contributed by atoms with van der Waals surface area (Å²) in [4.78, 5) is 14.9. The highest BCUT2D eigenvalue weighted by Crippen LogP contribution is 2.30. The lowest BCUT2D eigenvalue weighted by Crippen LogP contribution is -2.45. The Kier molecular flexibility index (Phi) is 3.56. The highest BCUT2D eigenvalue weighted by molar-refractivity contribution is 5.83. The van der Waals surface area contributed by atoms with Gasteiger partial charge in [-0.15, -0.1) is 0 Å². The molecule has 0 unspecified atom stereocenters. The molecule has 2 aromatic rings. The van der Waals surface area contributed by atoms with Crippen molar-refractivity contribution in [2.45, 2.75) is 44.9 Å². The van der Waals surface area contributed by atoms with Crippen LogP contribution in [0.4, 0.5) is 0 Å². The van der Waals surface area contributed by atoms with Crippen molar-refractivity contribution >= 4 is 5.91 Å². The first-order valence-corrected chi connectivity index (χ1v) is 8.25. The van der Waals surface area contributed by atoms with E-state index in [9.17, 15) is 4.79 Å². The van der Waals surface area contributed by atoms with Crippen LogP contribution in [0, 0.1) is 6.92 Å². The Balaban J connectivity index is 1.45. The maximum absolute atomic E-state index is 12.9. The zero-order valence-corrected chi connectivity index (χ0v) is 13.3. The van der Waals surface area contributed by atoms with Gasteiger partial charge in [0.05, 0.1) is 18.8 Å². The van der Waals surface area contributed by atoms with Gasteiger partial charge in [0.1, 0.15) is 5.75 Å². The SMILES string of the molecule is Cc1cnn(C[C@@H]2CCCN2C(=O)[C@H]2Cc3ccccc3O2)c1. The van der Waals surface area contributed by atoms with Crippen LogP contribution < -0.4 is 4.74 Å². The molecule has 2 aliphatic heterocycles. The first-order valence-electron chi connectivity index (χ1n) is 8.25. The molecular formula is C18H21N3O2. The fourth-order valence-corrected chi connectivity index (χ4v) is 3.60. The van der Waals surface area contributed by atoms with E-state index in [0.717, 1.165) is 42.8 Å². The van der Waals surface area contributed by atoms with E-state index in [0.29, 0.717) is 6.42 Å². The summed E-state index contributed by atoms with van der Waals surface area (Å²) >= 11 is 0. The second-order valence-corrected chi connectivity index (χ2v) is 6.49. The minimum Gasteiger partial charge on any atom is -0.480 e. The van der Waals surface area contributed by atoms with Crippen LogP contribution in [-0.4, -0.2) is 39.3 Å². The Morgan fingerprint density at radius 2 is 2.26 bits per heavy atom. The molecular weight excluding hydrogens is 290 g/mol. The molecule has 120 valence electrons. The molecule has 4 rings (SSSR count). The molecule has 1 fully saturated rings. The first kappa shape index (κ1) is 14.3. The number of carbonyl (C=O) groups is 1. The molecule has 0 radical (unpaired) electrons. The number of ether oxygens (including phenoxy) is 1. The third-order valence-electron chi connectivity index (χ3n) is 4.74. The van der Waals surface area contributed by atoms with Gasteiger partial charge in [-0.25, -0.2) is 0 Å². The fourth-order valence-electron chi connectivity index (χ4n) is 3.60. The monoisotopic (exact) mass is 311 g/mol. The van der Waals surface area contributed by atoms with E-state index in [-0.39, 0.29) is 18.1 Å². The Morgan fingerprint density at radius 3 is 3.04 bits per heavy atom. The smallest absolute Gasteiger partial charge is 0.264 e. The number of hydrogen-bond donors (Lipinski definition) is 0. The number of hydrogen-bond acceptors (Lipinski definition) is 3. The lowest BCUT2D eigenvalue weighted by Gasteiger charge is -2.27. The topological polar surface area (TPSA) is 47.4 Å². The number of rotatable bonds is 3. The largest absolute Gasteiger partial charge is 0.480 e. The Morgan fingerprint density at radius 1 is 1.39 bits per heavy atom. The summed E-state index contributed by atoms with van der Waals surface area (Å²) in [6.07, 6.45) is 6.29. The van der Waals surface area contributed by atoms with Gasteiger partial charge in [0.2, 0.25) is 0 Å². The van der Waals surface area contributed by atoms with Gasteiger partial charge in [-0.1, -0.05) is 18.2 Å². The van der Waals surface area contributed by atoms with Crippen molar-refractivity contribution in [2.24, 2.45) is 0 Å². The lowest BCUT2D eigenvalue weighted by atomic mass is 10.1. The number of nitrogens with zero attached hydrogens (tertiary/aromatic N) is 3. The van der Waals surface area contributed by atoms with Gasteiger partial charge in [-0.05, 0) is 37.0 Å². The van der Waals surface area contributed by atoms with Crippen LogP contribution >= 0.6 is 0 Å². The molecule has 2 atom stereocenters. The molecule has 0 aliphatic carbocycles. The van der Waals surface area contributed by atoms with Crippen LogP contribution in [0.1, 0.15) is 24.0 Å². The van der Waals surface area contributed by atoms with Gasteiger partial charge in [-0.2, -0.15) is 5.10 Å². The molecule has 0 saturated carbocycles. The van der Waals surface area contributed by atoms with Crippen molar-refractivity contribution in [2.75, 3.05) is 6.54 Å². The number of amides is 1. The Labute approximate surface area is 135 Å². The van der Waals surface area contributed by atoms with E-state index in [2.05, 4.69) is 5.10 Å². The van der Waals surface area contributed by atoms with E-state index in [1.54, 1.807) is 0 Å². The molecule has 1 aromatic carbocycles. The van der Waals surface area contributed by atoms with E-state index in [4.69, 9.17) is 4.74 Å². The second-order valence-electron chi connectivity index (χ2n) is 6.49. The van der Waals surface area contributed by atoms with Crippen molar-refractivity contribution in [3.8, 4) is 5.75 Å². The normalized spacial score (nSPS) is 22.9. The van der Waals surface area contributed by atoms with E-state index in [1.165, 1.54) is 0 Å². The van der Waals surface area contributed by atoms with Crippen molar-refractivity contribution in [1.82, 2.24) is 14.7 Å². The second kappa shape index (κ2) is 5.72. The molecule has 1 aromatic heterocycles. The molecule has 0 bridgehead atoms. The first-order chi connectivity index (χ1) is 11.2. The van der Waals surface area contributed by atoms with E-state index in [1.807, 2.05) is 53.2 Å². The maximum Gasteiger partial charge on any atom is 0.264 e. The van der Waals surface area contributed by atoms with Crippen molar-refractivity contribution in [3.05, 3.63) is 47.8 Å². The van der Waals surface area contributed by atoms with Crippen molar-refractivity contribution < 1.29 is 9.53 Å². The molecule has 0 spiro atoms. The fraction of sp³-hybridized carbons (Fsp3) is 0.444. The summed E-state index contributed by atoms with van der Waals surface area (Å²) in [6, 6.07) is 8.14. The van der Waals surface area contributed by atoms with Crippen LogP contribution in [0.5, 0.6) is 5.75 Å². The highest BCUT2D eigenvalue weighted by atomic mass is 16.5. The van der Waals surface area contributed by atoms with E-state index >= 15 is 0 Å². The molecule has 1 saturated heterocycles. The summed E-state index contributed by atoms with van der Waals surface area (Å²) in [5.41, 5.74) is 2.28. The van der Waals surface area contributed by atoms with Crippen molar-refractivity contribution in [1.29, 1.82) is 0 Å². The van der Waals surface area contributed by atoms with Crippen LogP contribution in [0.3, 0.4) is 0 Å². The third-order valence-corrected chi connectivity index (χ3v) is 4.74. The van der Waals surface area contributed by atoms with Gasteiger partial charge in [0, 0.05) is 19.2 Å². The van der Waals surface area contributed by atoms with Crippen LogP contribution in [0.15, 0.2) is 36.7 Å². The van der Waals surface area contributed by atoms with Gasteiger partial charge in [-0.3, -0.25) is 9.48 Å². The number of aromatic nitrogens is 2. The molecule has 2 aliphatic rings. The lowest BCUT2D eigenvalue weighted by molar-refractivity contribution is -0.139. The molecule has 0 N–H and O–H groups in total. The number of carbonyl (C=O) groups excluding carboxylic acids is 1. The minimum atomic E-state index is -0.368. The van der Waals surface area contributed by atoms with Gasteiger partial charge >= 0.3 is 0 Å². The molecule has 5 nitrogen and oxygen atoms in total. The minimum absolute atomic E-state index is 0.118. The van der Waals surface area contributed by atoms with Crippen LogP contribution in [0.25, 0.3) is 0 Å². The zero-order chi connectivity index (χ0) is 15.8. The maximum atomic E-state index is 12.9. The number of para-hydroxylation sites is 1. The summed E-state index contributed by atoms with van der Waals surface area (Å²) in [5, 5.41) is 4.35. The summed E-state index contributed by atoms with van der Waals surface area (Å²) in [6.45, 7) is 3.61. The summed E-state index contributed by atoms with van der Waals surface area (Å²) in [7, 11) is 0. The average Bonchev–Trinajstić information content (AvgIpc) is 3.26. The number of likely N-dealkylation sites (tertiary alicyclic amines) is 1.